The molecular weight excluding hydrogens is 391 g/mol. The van der Waals surface area contributed by atoms with Crippen LogP contribution in [0.3, 0.4) is 0 Å². The fourth-order valence-corrected chi connectivity index (χ4v) is 7.82. The van der Waals surface area contributed by atoms with Gasteiger partial charge in [-0.1, -0.05) is 97.9 Å². The van der Waals surface area contributed by atoms with Crippen molar-refractivity contribution in [1.29, 1.82) is 0 Å². The molecule has 0 fully saturated rings. The van der Waals surface area contributed by atoms with Crippen LogP contribution in [0.2, 0.25) is 0 Å². The molecule has 0 heterocycles. The fourth-order valence-electron chi connectivity index (χ4n) is 4.16. The fraction of sp³-hybridized carbons (Fsp3) is 0.308. The lowest BCUT2D eigenvalue weighted by Crippen LogP contribution is -2.50. The minimum atomic E-state index is -3.26. The van der Waals surface area contributed by atoms with Crippen molar-refractivity contribution in [2.24, 2.45) is 0 Å². The van der Waals surface area contributed by atoms with E-state index >= 15 is 0 Å². The second-order valence-electron chi connectivity index (χ2n) is 8.03. The van der Waals surface area contributed by atoms with Crippen molar-refractivity contribution >= 4 is 17.8 Å². The van der Waals surface area contributed by atoms with E-state index in [9.17, 15) is 14.8 Å². The largest absolute Gasteiger partial charge is 0.390 e. The van der Waals surface area contributed by atoms with Gasteiger partial charge in [0.1, 0.15) is 0 Å². The zero-order valence-electron chi connectivity index (χ0n) is 17.7. The van der Waals surface area contributed by atoms with Crippen LogP contribution in [0.5, 0.6) is 0 Å². The van der Waals surface area contributed by atoms with Gasteiger partial charge in [0.05, 0.1) is 17.4 Å². The Morgan fingerprint density at radius 2 is 1.23 bits per heavy atom. The summed E-state index contributed by atoms with van der Waals surface area (Å²) < 4.78 is 14.8. The van der Waals surface area contributed by atoms with Gasteiger partial charge in [0.2, 0.25) is 0 Å². The van der Waals surface area contributed by atoms with Crippen LogP contribution in [-0.4, -0.2) is 27.6 Å². The molecule has 0 aliphatic heterocycles. The molecule has 0 amide bonds. The van der Waals surface area contributed by atoms with Crippen molar-refractivity contribution in [3.63, 3.8) is 0 Å². The van der Waals surface area contributed by atoms with Gasteiger partial charge in [0, 0.05) is 10.6 Å². The van der Waals surface area contributed by atoms with Crippen molar-refractivity contribution < 1.29 is 14.8 Å². The van der Waals surface area contributed by atoms with E-state index in [1.807, 2.05) is 105 Å². The van der Waals surface area contributed by atoms with Gasteiger partial charge in [-0.05, 0) is 31.7 Å². The van der Waals surface area contributed by atoms with E-state index in [-0.39, 0.29) is 0 Å². The Balaban J connectivity index is 1.98. The molecule has 0 spiro atoms. The molecule has 0 bridgehead atoms. The van der Waals surface area contributed by atoms with E-state index in [1.54, 1.807) is 0 Å². The Morgan fingerprint density at radius 1 is 0.800 bits per heavy atom. The predicted octanol–water partition coefficient (Wildman–Crippen LogP) is 4.52. The molecule has 0 unspecified atom stereocenters. The number of aliphatic hydroxyl groups is 2. The van der Waals surface area contributed by atoms with Crippen LogP contribution in [0.15, 0.2) is 91.0 Å². The smallest absolute Gasteiger partial charge is 0.151 e. The Morgan fingerprint density at radius 3 is 1.67 bits per heavy atom. The Hall–Kier alpha value is -2.19. The monoisotopic (exact) mass is 422 g/mol. The highest BCUT2D eigenvalue weighted by Gasteiger charge is 2.51. The average molecular weight is 423 g/mol. The third kappa shape index (κ3) is 4.30. The Labute approximate surface area is 179 Å². The molecule has 0 saturated carbocycles. The molecule has 0 radical (unpaired) electrons. The van der Waals surface area contributed by atoms with Crippen LogP contribution in [0.25, 0.3) is 0 Å². The highest BCUT2D eigenvalue weighted by molar-refractivity contribution is 7.80. The van der Waals surface area contributed by atoms with E-state index in [1.165, 1.54) is 0 Å². The average Bonchev–Trinajstić information content (AvgIpc) is 2.82. The molecule has 30 heavy (non-hydrogen) atoms. The number of hydrogen-bond donors (Lipinski definition) is 2. The molecular formula is C26H31O3P. The van der Waals surface area contributed by atoms with Gasteiger partial charge in [-0.25, -0.2) is 0 Å². The van der Waals surface area contributed by atoms with Crippen LogP contribution in [-0.2, 0) is 11.0 Å². The Kier molecular flexibility index (Phi) is 7.31. The normalized spacial score (nSPS) is 15.9. The molecule has 3 aromatic rings. The number of aryl methyl sites for hydroxylation is 1. The summed E-state index contributed by atoms with van der Waals surface area (Å²) in [5.41, 5.74) is 1.11. The molecule has 3 nitrogen and oxygen atoms in total. The van der Waals surface area contributed by atoms with Crippen LogP contribution < -0.4 is 10.6 Å². The summed E-state index contributed by atoms with van der Waals surface area (Å²) in [7, 11) is -3.26. The van der Waals surface area contributed by atoms with Gasteiger partial charge < -0.3 is 14.8 Å². The summed E-state index contributed by atoms with van der Waals surface area (Å²) in [6, 6.07) is 28.7. The number of benzene rings is 3. The van der Waals surface area contributed by atoms with E-state index in [0.717, 1.165) is 5.56 Å². The maximum atomic E-state index is 14.8. The minimum Gasteiger partial charge on any atom is -0.390 e. The van der Waals surface area contributed by atoms with Crippen molar-refractivity contribution in [2.45, 2.75) is 50.5 Å². The molecule has 158 valence electrons. The van der Waals surface area contributed by atoms with Crippen molar-refractivity contribution in [2.75, 3.05) is 0 Å². The second-order valence-corrected chi connectivity index (χ2v) is 11.3. The lowest BCUT2D eigenvalue weighted by Gasteiger charge is -2.43. The quantitative estimate of drug-likeness (QED) is 0.499. The van der Waals surface area contributed by atoms with Crippen molar-refractivity contribution in [3.05, 3.63) is 96.6 Å². The van der Waals surface area contributed by atoms with Gasteiger partial charge in [-0.3, -0.25) is 0 Å². The molecule has 4 heteroatoms. The summed E-state index contributed by atoms with van der Waals surface area (Å²) in [6.45, 7) is 3.79. The van der Waals surface area contributed by atoms with Crippen LogP contribution in [0.1, 0.15) is 32.3 Å². The first-order valence-corrected chi connectivity index (χ1v) is 12.3. The summed E-state index contributed by atoms with van der Waals surface area (Å²) in [6.07, 6.45) is -0.574. The molecule has 0 aliphatic rings. The van der Waals surface area contributed by atoms with E-state index in [0.29, 0.717) is 29.9 Å². The van der Waals surface area contributed by atoms with Crippen LogP contribution in [0, 0.1) is 0 Å². The predicted molar refractivity (Wildman–Crippen MR) is 125 cm³/mol. The van der Waals surface area contributed by atoms with Gasteiger partial charge in [-0.15, -0.1) is 0 Å². The molecule has 2 N–H and O–H groups in total. The minimum absolute atomic E-state index is 0.407. The second kappa shape index (κ2) is 9.75. The van der Waals surface area contributed by atoms with Gasteiger partial charge in [0.25, 0.3) is 0 Å². The first-order chi connectivity index (χ1) is 14.4. The van der Waals surface area contributed by atoms with Crippen LogP contribution in [0.4, 0.5) is 0 Å². The molecule has 0 aromatic heterocycles. The molecule has 3 atom stereocenters. The summed E-state index contributed by atoms with van der Waals surface area (Å²) in [5, 5.41) is 22.7. The van der Waals surface area contributed by atoms with Gasteiger partial charge in [-0.2, -0.15) is 0 Å². The van der Waals surface area contributed by atoms with E-state index in [4.69, 9.17) is 0 Å². The molecule has 3 aromatic carbocycles. The lowest BCUT2D eigenvalue weighted by molar-refractivity contribution is -0.00868. The number of rotatable bonds is 9. The van der Waals surface area contributed by atoms with E-state index < -0.39 is 24.5 Å². The molecule has 0 aliphatic carbocycles. The van der Waals surface area contributed by atoms with Gasteiger partial charge >= 0.3 is 0 Å². The SMILES string of the molecule is CC[C@@](C)([C@@H](O)[C@H](O)CCc1ccccc1)P(=O)(c1ccccc1)c1ccccc1. The standard InChI is InChI=1S/C26H31O3P/c1-3-26(2,25(28)24(27)20-19-21-13-7-4-8-14-21)30(29,22-15-9-5-10-16-22)23-17-11-6-12-18-23/h4-18,24-25,27-28H,3,19-20H2,1-2H3/t24-,25+,26+/m1/s1. The lowest BCUT2D eigenvalue weighted by atomic mass is 9.92. The third-order valence-corrected chi connectivity index (χ3v) is 10.3. The Bertz CT molecular complexity index is 916. The topological polar surface area (TPSA) is 57.5 Å². The third-order valence-electron chi connectivity index (χ3n) is 6.25. The van der Waals surface area contributed by atoms with Crippen molar-refractivity contribution in [1.82, 2.24) is 0 Å². The molecule has 3 rings (SSSR count). The summed E-state index contributed by atoms with van der Waals surface area (Å²) in [4.78, 5) is 0. The maximum Gasteiger partial charge on any atom is 0.151 e. The maximum absolute atomic E-state index is 14.8. The number of hydrogen-bond acceptors (Lipinski definition) is 3. The van der Waals surface area contributed by atoms with E-state index in [2.05, 4.69) is 0 Å². The zero-order valence-corrected chi connectivity index (χ0v) is 18.6. The summed E-state index contributed by atoms with van der Waals surface area (Å²) in [5.74, 6) is 0. The first-order valence-electron chi connectivity index (χ1n) is 10.5. The van der Waals surface area contributed by atoms with Crippen LogP contribution >= 0.6 is 7.14 Å². The highest BCUT2D eigenvalue weighted by atomic mass is 31.2. The first kappa shape index (κ1) is 22.5. The summed E-state index contributed by atoms with van der Waals surface area (Å²) >= 11 is 0. The molecule has 0 saturated heterocycles. The zero-order chi connectivity index (χ0) is 21.6. The number of aliphatic hydroxyl groups excluding tert-OH is 2. The van der Waals surface area contributed by atoms with Crippen molar-refractivity contribution in [3.8, 4) is 0 Å². The van der Waals surface area contributed by atoms with Gasteiger partial charge in [0.15, 0.2) is 7.14 Å². The highest BCUT2D eigenvalue weighted by Crippen LogP contribution is 2.59.